The van der Waals surface area contributed by atoms with Gasteiger partial charge in [-0.25, -0.2) is 9.18 Å². The third kappa shape index (κ3) is 3.81. The second-order valence-corrected chi connectivity index (χ2v) is 6.21. The predicted octanol–water partition coefficient (Wildman–Crippen LogP) is 4.25. The molecule has 0 aliphatic heterocycles. The van der Waals surface area contributed by atoms with Crippen LogP contribution >= 0.6 is 11.3 Å². The molecular formula is C18H10FNO5S. The van der Waals surface area contributed by atoms with Crippen LogP contribution in [0, 0.1) is 15.9 Å². The number of nitro groups is 1. The van der Waals surface area contributed by atoms with Crippen molar-refractivity contribution in [2.45, 2.75) is 0 Å². The summed E-state index contributed by atoms with van der Waals surface area (Å²) in [7, 11) is 0. The zero-order valence-electron chi connectivity index (χ0n) is 13.0. The number of nitrogens with zero attached hydrogens (tertiary/aromatic N) is 1. The van der Waals surface area contributed by atoms with E-state index in [-0.39, 0.29) is 21.4 Å². The van der Waals surface area contributed by atoms with Gasteiger partial charge in [-0.3, -0.25) is 14.9 Å². The first-order valence-corrected chi connectivity index (χ1v) is 8.12. The van der Waals surface area contributed by atoms with Crippen LogP contribution in [0.15, 0.2) is 60.7 Å². The summed E-state index contributed by atoms with van der Waals surface area (Å²) in [5.41, 5.74) is 0.685. The lowest BCUT2D eigenvalue weighted by Gasteiger charge is -2.05. The maximum absolute atomic E-state index is 12.9. The van der Waals surface area contributed by atoms with Crippen LogP contribution in [-0.4, -0.2) is 16.7 Å². The Hall–Kier alpha value is -3.39. The number of hydrogen-bond acceptors (Lipinski definition) is 6. The molecule has 26 heavy (non-hydrogen) atoms. The maximum Gasteiger partial charge on any atom is 0.353 e. The number of carbonyl (C=O) groups excluding carboxylic acids is 2. The fourth-order valence-electron chi connectivity index (χ4n) is 2.14. The largest absolute Gasteiger partial charge is 0.422 e. The van der Waals surface area contributed by atoms with Crippen LogP contribution in [0.25, 0.3) is 0 Å². The third-order valence-electron chi connectivity index (χ3n) is 3.41. The molecule has 130 valence electrons. The first kappa shape index (κ1) is 17.4. The molecule has 0 unspecified atom stereocenters. The molecular weight excluding hydrogens is 361 g/mol. The van der Waals surface area contributed by atoms with E-state index in [1.54, 1.807) is 0 Å². The summed E-state index contributed by atoms with van der Waals surface area (Å²) in [5.74, 6) is -1.25. The van der Waals surface area contributed by atoms with Crippen LogP contribution < -0.4 is 4.74 Å². The van der Waals surface area contributed by atoms with Gasteiger partial charge < -0.3 is 4.74 Å². The molecule has 3 aromatic rings. The van der Waals surface area contributed by atoms with Gasteiger partial charge in [-0.2, -0.15) is 0 Å². The van der Waals surface area contributed by atoms with Crippen molar-refractivity contribution in [2.24, 2.45) is 0 Å². The monoisotopic (exact) mass is 371 g/mol. The number of thiophene rings is 1. The number of ketones is 1. The number of rotatable bonds is 5. The van der Waals surface area contributed by atoms with Gasteiger partial charge in [0.1, 0.15) is 16.4 Å². The van der Waals surface area contributed by atoms with Crippen molar-refractivity contribution in [1.82, 2.24) is 0 Å². The molecule has 8 heteroatoms. The highest BCUT2D eigenvalue weighted by molar-refractivity contribution is 7.17. The summed E-state index contributed by atoms with van der Waals surface area (Å²) in [4.78, 5) is 34.4. The normalized spacial score (nSPS) is 10.3. The molecule has 2 aromatic carbocycles. The van der Waals surface area contributed by atoms with Crippen LogP contribution in [0.1, 0.15) is 25.6 Å². The Morgan fingerprint density at radius 3 is 2.04 bits per heavy atom. The first-order valence-electron chi connectivity index (χ1n) is 7.31. The van der Waals surface area contributed by atoms with Gasteiger partial charge in [0.25, 0.3) is 0 Å². The second-order valence-electron chi connectivity index (χ2n) is 5.14. The number of hydrogen-bond donors (Lipinski definition) is 0. The Morgan fingerprint density at radius 2 is 1.50 bits per heavy atom. The van der Waals surface area contributed by atoms with Gasteiger partial charge >= 0.3 is 11.0 Å². The van der Waals surface area contributed by atoms with E-state index in [4.69, 9.17) is 4.74 Å². The topological polar surface area (TPSA) is 86.5 Å². The summed E-state index contributed by atoms with van der Waals surface area (Å²) in [6.45, 7) is 0. The van der Waals surface area contributed by atoms with Crippen molar-refractivity contribution in [3.05, 3.63) is 92.6 Å². The maximum atomic E-state index is 12.9. The fraction of sp³-hybridized carbons (Fsp3) is 0. The van der Waals surface area contributed by atoms with Crippen LogP contribution in [0.5, 0.6) is 5.75 Å². The lowest BCUT2D eigenvalue weighted by molar-refractivity contribution is -0.380. The van der Waals surface area contributed by atoms with Gasteiger partial charge in [-0.1, -0.05) is 11.3 Å². The van der Waals surface area contributed by atoms with Crippen molar-refractivity contribution < 1.29 is 23.6 Å². The van der Waals surface area contributed by atoms with Crippen molar-refractivity contribution in [3.63, 3.8) is 0 Å². The molecule has 3 rings (SSSR count). The van der Waals surface area contributed by atoms with Crippen LogP contribution in [0.4, 0.5) is 9.39 Å². The average Bonchev–Trinajstić information content (AvgIpc) is 3.13. The molecule has 0 fully saturated rings. The van der Waals surface area contributed by atoms with Gasteiger partial charge in [0.2, 0.25) is 0 Å². The molecule has 0 aliphatic rings. The predicted molar refractivity (Wildman–Crippen MR) is 92.2 cm³/mol. The molecule has 0 N–H and O–H groups in total. The summed E-state index contributed by atoms with van der Waals surface area (Å²) >= 11 is 0.716. The van der Waals surface area contributed by atoms with E-state index >= 15 is 0 Å². The minimum absolute atomic E-state index is 0.100. The standard InChI is InChI=1S/C18H10FNO5S/c19-13-5-1-11(2-6-13)17(21)12-3-7-14(8-4-12)25-18(22)15-9-10-16(26-15)20(23)24/h1-10H. The minimum atomic E-state index is -0.722. The highest BCUT2D eigenvalue weighted by Gasteiger charge is 2.17. The molecule has 0 atom stereocenters. The summed E-state index contributed by atoms with van der Waals surface area (Å²) in [6.07, 6.45) is 0. The SMILES string of the molecule is O=C(c1ccc(F)cc1)c1ccc(OC(=O)c2ccc([N+](=O)[O-])s2)cc1. The quantitative estimate of drug-likeness (QED) is 0.220. The van der Waals surface area contributed by atoms with E-state index in [0.717, 1.165) is 0 Å². The number of halogens is 1. The lowest BCUT2D eigenvalue weighted by Crippen LogP contribution is -2.07. The van der Waals surface area contributed by atoms with Crippen molar-refractivity contribution in [3.8, 4) is 5.75 Å². The molecule has 0 amide bonds. The van der Waals surface area contributed by atoms with Gasteiger partial charge in [0, 0.05) is 17.2 Å². The highest BCUT2D eigenvalue weighted by atomic mass is 32.1. The van der Waals surface area contributed by atoms with Crippen LogP contribution in [-0.2, 0) is 0 Å². The van der Waals surface area contributed by atoms with E-state index in [9.17, 15) is 24.1 Å². The Morgan fingerprint density at radius 1 is 0.923 bits per heavy atom. The average molecular weight is 371 g/mol. The molecule has 6 nitrogen and oxygen atoms in total. The zero-order chi connectivity index (χ0) is 18.7. The highest BCUT2D eigenvalue weighted by Crippen LogP contribution is 2.25. The fourth-order valence-corrected chi connectivity index (χ4v) is 2.83. The summed E-state index contributed by atoms with van der Waals surface area (Å²) in [5, 5.41) is 10.5. The van der Waals surface area contributed by atoms with Gasteiger partial charge in [0.05, 0.1) is 4.92 Å². The van der Waals surface area contributed by atoms with Gasteiger partial charge in [-0.05, 0) is 54.6 Å². The van der Waals surface area contributed by atoms with E-state index in [1.165, 1.54) is 60.7 Å². The van der Waals surface area contributed by atoms with Gasteiger partial charge in [-0.15, -0.1) is 0 Å². The Balaban J connectivity index is 1.70. The van der Waals surface area contributed by atoms with Crippen molar-refractivity contribution >= 4 is 28.1 Å². The summed E-state index contributed by atoms with van der Waals surface area (Å²) in [6, 6.07) is 13.5. The minimum Gasteiger partial charge on any atom is -0.422 e. The zero-order valence-corrected chi connectivity index (χ0v) is 13.9. The molecule has 1 heterocycles. The van der Waals surface area contributed by atoms with E-state index < -0.39 is 16.7 Å². The second kappa shape index (κ2) is 7.24. The van der Waals surface area contributed by atoms with E-state index in [1.807, 2.05) is 0 Å². The number of carbonyl (C=O) groups is 2. The van der Waals surface area contributed by atoms with Crippen LogP contribution in [0.2, 0.25) is 0 Å². The number of esters is 1. The molecule has 0 bridgehead atoms. The third-order valence-corrected chi connectivity index (χ3v) is 4.42. The molecule has 0 saturated carbocycles. The molecule has 0 radical (unpaired) electrons. The molecule has 0 saturated heterocycles. The van der Waals surface area contributed by atoms with Crippen molar-refractivity contribution in [1.29, 1.82) is 0 Å². The number of ether oxygens (including phenoxy) is 1. The first-order chi connectivity index (χ1) is 12.4. The Labute approximate surface area is 150 Å². The van der Waals surface area contributed by atoms with Gasteiger partial charge in [0.15, 0.2) is 5.78 Å². The van der Waals surface area contributed by atoms with E-state index in [2.05, 4.69) is 0 Å². The van der Waals surface area contributed by atoms with Crippen molar-refractivity contribution in [2.75, 3.05) is 0 Å². The van der Waals surface area contributed by atoms with Crippen LogP contribution in [0.3, 0.4) is 0 Å². The number of benzene rings is 2. The van der Waals surface area contributed by atoms with E-state index in [0.29, 0.717) is 22.5 Å². The Bertz CT molecular complexity index is 980. The lowest BCUT2D eigenvalue weighted by atomic mass is 10.0. The molecule has 0 aliphatic carbocycles. The summed E-state index contributed by atoms with van der Waals surface area (Å²) < 4.78 is 18.1. The smallest absolute Gasteiger partial charge is 0.353 e. The molecule has 0 spiro atoms. The molecule has 1 aromatic heterocycles. The Kier molecular flexibility index (Phi) is 4.85.